The molecule has 0 saturated carbocycles. The number of rotatable bonds is 5. The van der Waals surface area contributed by atoms with Crippen LogP contribution in [0.3, 0.4) is 0 Å². The lowest BCUT2D eigenvalue weighted by molar-refractivity contribution is 0.188. The minimum absolute atomic E-state index is 0.295. The van der Waals surface area contributed by atoms with Crippen LogP contribution in [0, 0.1) is 12.7 Å². The van der Waals surface area contributed by atoms with Gasteiger partial charge in [-0.1, -0.05) is 12.1 Å². The Kier molecular flexibility index (Phi) is 3.94. The van der Waals surface area contributed by atoms with Crippen molar-refractivity contribution in [2.75, 3.05) is 19.0 Å². The van der Waals surface area contributed by atoms with Gasteiger partial charge in [-0.3, -0.25) is 0 Å². The molecule has 0 amide bonds. The molecule has 2 rings (SSSR count). The molecule has 1 aromatic carbocycles. The molecule has 0 fully saturated rings. The first-order valence-electron chi connectivity index (χ1n) is 5.75. The number of benzene rings is 1. The number of aryl methyl sites for hydroxylation is 1. The molecule has 1 aromatic heterocycles. The van der Waals surface area contributed by atoms with E-state index in [-0.39, 0.29) is 5.82 Å². The van der Waals surface area contributed by atoms with E-state index in [2.05, 4.69) is 10.3 Å². The van der Waals surface area contributed by atoms with Crippen molar-refractivity contribution in [1.82, 2.24) is 9.55 Å². The van der Waals surface area contributed by atoms with Crippen molar-refractivity contribution in [3.63, 3.8) is 0 Å². The van der Waals surface area contributed by atoms with Crippen LogP contribution in [0.5, 0.6) is 0 Å². The van der Waals surface area contributed by atoms with Crippen molar-refractivity contribution in [3.05, 3.63) is 42.0 Å². The average Bonchev–Trinajstić information content (AvgIpc) is 2.70. The molecule has 0 spiro atoms. The lowest BCUT2D eigenvalue weighted by Gasteiger charge is -2.09. The second-order valence-electron chi connectivity index (χ2n) is 4.00. The van der Waals surface area contributed by atoms with Gasteiger partial charge in [0.1, 0.15) is 5.82 Å². The van der Waals surface area contributed by atoms with E-state index in [1.165, 1.54) is 6.07 Å². The molecule has 18 heavy (non-hydrogen) atoms. The Labute approximate surface area is 105 Å². The van der Waals surface area contributed by atoms with Crippen molar-refractivity contribution >= 4 is 11.6 Å². The number of ether oxygens (including phenoxy) is 1. The van der Waals surface area contributed by atoms with Gasteiger partial charge in [0.2, 0.25) is 5.95 Å². The summed E-state index contributed by atoms with van der Waals surface area (Å²) in [6.07, 6.45) is 1.90. The molecule has 0 aliphatic rings. The number of hydrogen-bond acceptors (Lipinski definition) is 3. The van der Waals surface area contributed by atoms with Crippen LogP contribution in [0.25, 0.3) is 0 Å². The van der Waals surface area contributed by atoms with Gasteiger partial charge in [0.05, 0.1) is 18.0 Å². The summed E-state index contributed by atoms with van der Waals surface area (Å²) in [5.74, 6) is 0.325. The lowest BCUT2D eigenvalue weighted by Crippen LogP contribution is -2.07. The lowest BCUT2D eigenvalue weighted by atomic mass is 10.3. The van der Waals surface area contributed by atoms with Crippen molar-refractivity contribution in [3.8, 4) is 0 Å². The van der Waals surface area contributed by atoms with Crippen LogP contribution in [-0.2, 0) is 11.3 Å². The van der Waals surface area contributed by atoms with E-state index in [4.69, 9.17) is 4.74 Å². The van der Waals surface area contributed by atoms with Crippen molar-refractivity contribution < 1.29 is 9.13 Å². The molecule has 1 heterocycles. The number of anilines is 2. The van der Waals surface area contributed by atoms with Crippen LogP contribution in [0.2, 0.25) is 0 Å². The Bertz CT molecular complexity index is 525. The highest BCUT2D eigenvalue weighted by molar-refractivity contribution is 5.54. The standard InChI is InChI=1S/C13H16FN3O/c1-10-9-17(7-8-18-2)13(15-10)16-12-6-4-3-5-11(12)14/h3-6,9H,7-8H2,1-2H3,(H,15,16). The number of nitrogens with one attached hydrogen (secondary N) is 1. The zero-order valence-corrected chi connectivity index (χ0v) is 10.5. The predicted octanol–water partition coefficient (Wildman–Crippen LogP) is 2.72. The molecule has 0 bridgehead atoms. The maximum Gasteiger partial charge on any atom is 0.207 e. The number of aromatic nitrogens is 2. The summed E-state index contributed by atoms with van der Waals surface area (Å²) in [6, 6.07) is 6.53. The van der Waals surface area contributed by atoms with E-state index >= 15 is 0 Å². The molecule has 96 valence electrons. The van der Waals surface area contributed by atoms with Gasteiger partial charge in [0, 0.05) is 19.9 Å². The quantitative estimate of drug-likeness (QED) is 0.885. The smallest absolute Gasteiger partial charge is 0.207 e. The molecule has 2 aromatic rings. The van der Waals surface area contributed by atoms with Crippen molar-refractivity contribution in [2.45, 2.75) is 13.5 Å². The van der Waals surface area contributed by atoms with Gasteiger partial charge in [-0.25, -0.2) is 9.37 Å². The summed E-state index contributed by atoms with van der Waals surface area (Å²) in [7, 11) is 1.65. The molecule has 5 heteroatoms. The summed E-state index contributed by atoms with van der Waals surface area (Å²) < 4.78 is 20.5. The molecular formula is C13H16FN3O. The molecule has 0 aliphatic carbocycles. The number of para-hydroxylation sites is 1. The van der Waals surface area contributed by atoms with Crippen molar-refractivity contribution in [2.24, 2.45) is 0 Å². The van der Waals surface area contributed by atoms with E-state index in [1.54, 1.807) is 25.3 Å². The molecule has 0 atom stereocenters. The first-order valence-corrected chi connectivity index (χ1v) is 5.75. The van der Waals surface area contributed by atoms with Gasteiger partial charge in [-0.05, 0) is 19.1 Å². The Morgan fingerprint density at radius 2 is 2.17 bits per heavy atom. The highest BCUT2D eigenvalue weighted by Crippen LogP contribution is 2.19. The third-order valence-electron chi connectivity index (χ3n) is 2.55. The number of hydrogen-bond donors (Lipinski definition) is 1. The van der Waals surface area contributed by atoms with E-state index in [9.17, 15) is 4.39 Å². The molecular weight excluding hydrogens is 233 g/mol. The number of imidazole rings is 1. The van der Waals surface area contributed by atoms with Crippen LogP contribution >= 0.6 is 0 Å². The molecule has 0 aliphatic heterocycles. The minimum atomic E-state index is -0.295. The van der Waals surface area contributed by atoms with Gasteiger partial charge in [-0.15, -0.1) is 0 Å². The maximum absolute atomic E-state index is 13.5. The van der Waals surface area contributed by atoms with Gasteiger partial charge in [-0.2, -0.15) is 0 Å². The summed E-state index contributed by atoms with van der Waals surface area (Å²) in [4.78, 5) is 4.33. The van der Waals surface area contributed by atoms with E-state index in [0.29, 0.717) is 24.8 Å². The van der Waals surface area contributed by atoms with Gasteiger partial charge in [0.15, 0.2) is 0 Å². The second-order valence-corrected chi connectivity index (χ2v) is 4.00. The van der Waals surface area contributed by atoms with Crippen LogP contribution in [0.15, 0.2) is 30.5 Å². The highest BCUT2D eigenvalue weighted by atomic mass is 19.1. The van der Waals surface area contributed by atoms with Crippen LogP contribution < -0.4 is 5.32 Å². The average molecular weight is 249 g/mol. The van der Waals surface area contributed by atoms with E-state index < -0.39 is 0 Å². The fourth-order valence-electron chi connectivity index (χ4n) is 1.69. The highest BCUT2D eigenvalue weighted by Gasteiger charge is 2.08. The topological polar surface area (TPSA) is 39.1 Å². The fraction of sp³-hybridized carbons (Fsp3) is 0.308. The van der Waals surface area contributed by atoms with Gasteiger partial charge >= 0.3 is 0 Å². The van der Waals surface area contributed by atoms with Gasteiger partial charge < -0.3 is 14.6 Å². The number of halogens is 1. The number of nitrogens with zero attached hydrogens (tertiary/aromatic N) is 2. The summed E-state index contributed by atoms with van der Waals surface area (Å²) in [5, 5.41) is 2.99. The Balaban J connectivity index is 2.20. The largest absolute Gasteiger partial charge is 0.383 e. The first-order chi connectivity index (χ1) is 8.70. The summed E-state index contributed by atoms with van der Waals surface area (Å²) in [5.41, 5.74) is 1.30. The predicted molar refractivity (Wildman–Crippen MR) is 68.5 cm³/mol. The first kappa shape index (κ1) is 12.6. The van der Waals surface area contributed by atoms with Crippen LogP contribution in [0.1, 0.15) is 5.69 Å². The van der Waals surface area contributed by atoms with Crippen molar-refractivity contribution in [1.29, 1.82) is 0 Å². The summed E-state index contributed by atoms with van der Waals surface area (Å²) >= 11 is 0. The summed E-state index contributed by atoms with van der Waals surface area (Å²) in [6.45, 7) is 3.16. The van der Waals surface area contributed by atoms with Crippen LogP contribution in [0.4, 0.5) is 16.0 Å². The molecule has 0 unspecified atom stereocenters. The molecule has 1 N–H and O–H groups in total. The number of methoxy groups -OCH3 is 1. The van der Waals surface area contributed by atoms with E-state index in [1.807, 2.05) is 17.7 Å². The second kappa shape index (κ2) is 5.64. The third kappa shape index (κ3) is 2.87. The Morgan fingerprint density at radius 3 is 2.89 bits per heavy atom. The molecule has 4 nitrogen and oxygen atoms in total. The zero-order chi connectivity index (χ0) is 13.0. The van der Waals surface area contributed by atoms with E-state index in [0.717, 1.165) is 5.69 Å². The minimum Gasteiger partial charge on any atom is -0.383 e. The normalized spacial score (nSPS) is 10.6. The molecule has 0 saturated heterocycles. The SMILES string of the molecule is COCCn1cc(C)nc1Nc1ccccc1F. The zero-order valence-electron chi connectivity index (χ0n) is 10.5. The Morgan fingerprint density at radius 1 is 1.39 bits per heavy atom. The Hall–Kier alpha value is -1.88. The fourth-order valence-corrected chi connectivity index (χ4v) is 1.69. The third-order valence-corrected chi connectivity index (χ3v) is 2.55. The molecule has 0 radical (unpaired) electrons. The monoisotopic (exact) mass is 249 g/mol. The van der Waals surface area contributed by atoms with Gasteiger partial charge in [0.25, 0.3) is 0 Å². The maximum atomic E-state index is 13.5. The van der Waals surface area contributed by atoms with Crippen LogP contribution in [-0.4, -0.2) is 23.3 Å².